The topological polar surface area (TPSA) is 4.93 Å². The molecule has 1 atom stereocenters. The highest BCUT2D eigenvalue weighted by Gasteiger charge is 2.28. The maximum Gasteiger partial charge on any atom is 0.0233 e. The van der Waals surface area contributed by atoms with E-state index < -0.39 is 0 Å². The summed E-state index contributed by atoms with van der Waals surface area (Å²) >= 11 is 0. The van der Waals surface area contributed by atoms with Gasteiger partial charge in [-0.3, -0.25) is 0 Å². The highest BCUT2D eigenvalue weighted by molar-refractivity contribution is 5.23. The molecule has 0 aliphatic rings. The first-order valence-electron chi connectivity index (χ1n) is 8.68. The van der Waals surface area contributed by atoms with E-state index in [2.05, 4.69) is 51.4 Å². The molecule has 0 aromatic carbocycles. The zero-order chi connectivity index (χ0) is 15.0. The molecule has 0 saturated carbocycles. The van der Waals surface area contributed by atoms with Crippen molar-refractivity contribution in [2.45, 2.75) is 90.9 Å². The Hall–Kier alpha value is -0.720. The van der Waals surface area contributed by atoms with Gasteiger partial charge in [-0.1, -0.05) is 65.7 Å². The minimum Gasteiger partial charge on any atom is -0.351 e. The van der Waals surface area contributed by atoms with Gasteiger partial charge in [-0.15, -0.1) is 0 Å². The van der Waals surface area contributed by atoms with Gasteiger partial charge in [-0.2, -0.15) is 0 Å². The van der Waals surface area contributed by atoms with Gasteiger partial charge in [0.15, 0.2) is 0 Å². The molecule has 1 unspecified atom stereocenters. The normalized spacial score (nSPS) is 14.4. The molecule has 0 aliphatic heterocycles. The van der Waals surface area contributed by atoms with E-state index in [1.165, 1.54) is 63.5 Å². The molecule has 20 heavy (non-hydrogen) atoms. The van der Waals surface area contributed by atoms with E-state index in [1.54, 1.807) is 5.69 Å². The molecule has 0 spiro atoms. The summed E-state index contributed by atoms with van der Waals surface area (Å²) in [5.41, 5.74) is 3.30. The summed E-state index contributed by atoms with van der Waals surface area (Å²) < 4.78 is 2.41. The highest BCUT2D eigenvalue weighted by atomic mass is 15.0. The summed E-state index contributed by atoms with van der Waals surface area (Å²) in [7, 11) is 2.23. The third kappa shape index (κ3) is 4.68. The fourth-order valence-corrected chi connectivity index (χ4v) is 3.31. The molecule has 1 aromatic rings. The van der Waals surface area contributed by atoms with Crippen LogP contribution in [-0.4, -0.2) is 4.57 Å². The third-order valence-corrected chi connectivity index (χ3v) is 4.91. The van der Waals surface area contributed by atoms with Crippen LogP contribution < -0.4 is 0 Å². The molecule has 0 aliphatic carbocycles. The molecule has 1 heterocycles. The van der Waals surface area contributed by atoms with Gasteiger partial charge in [0.2, 0.25) is 0 Å². The summed E-state index contributed by atoms with van der Waals surface area (Å²) in [6, 6.07) is 4.64. The van der Waals surface area contributed by atoms with Gasteiger partial charge in [0.1, 0.15) is 0 Å². The number of nitrogens with zero attached hydrogens (tertiary/aromatic N) is 1. The standard InChI is InChI=1S/C19H35N/c1-6-8-10-12-16-19(4,15-11-9-7-2)18-14-13-17(3)20(18)5/h13-14H,6-12,15-16H2,1-5H3. The summed E-state index contributed by atoms with van der Waals surface area (Å²) in [5.74, 6) is 0. The summed E-state index contributed by atoms with van der Waals surface area (Å²) in [6.07, 6.45) is 12.2. The predicted molar refractivity (Wildman–Crippen MR) is 90.4 cm³/mol. The van der Waals surface area contributed by atoms with Gasteiger partial charge in [-0.25, -0.2) is 0 Å². The summed E-state index contributed by atoms with van der Waals surface area (Å²) in [4.78, 5) is 0. The van der Waals surface area contributed by atoms with E-state index in [1.807, 2.05) is 0 Å². The van der Waals surface area contributed by atoms with Crippen molar-refractivity contribution in [2.24, 2.45) is 7.05 Å². The molecule has 1 nitrogen and oxygen atoms in total. The van der Waals surface area contributed by atoms with Crippen LogP contribution in [0.15, 0.2) is 12.1 Å². The lowest BCUT2D eigenvalue weighted by Gasteiger charge is -2.31. The SMILES string of the molecule is CCCCCCC(C)(CCCCC)c1ccc(C)n1C. The molecule has 0 radical (unpaired) electrons. The molecular weight excluding hydrogens is 242 g/mol. The molecule has 0 N–H and O–H groups in total. The van der Waals surface area contributed by atoms with E-state index >= 15 is 0 Å². The Labute approximate surface area is 126 Å². The van der Waals surface area contributed by atoms with Crippen molar-refractivity contribution in [1.29, 1.82) is 0 Å². The van der Waals surface area contributed by atoms with E-state index in [-0.39, 0.29) is 0 Å². The second kappa shape index (κ2) is 8.54. The van der Waals surface area contributed by atoms with Crippen molar-refractivity contribution >= 4 is 0 Å². The first-order chi connectivity index (χ1) is 9.55. The first-order valence-corrected chi connectivity index (χ1v) is 8.68. The lowest BCUT2D eigenvalue weighted by Crippen LogP contribution is -2.25. The smallest absolute Gasteiger partial charge is 0.0233 e. The van der Waals surface area contributed by atoms with Crippen LogP contribution in [0.2, 0.25) is 0 Å². The predicted octanol–water partition coefficient (Wildman–Crippen LogP) is 6.14. The Bertz CT molecular complexity index is 377. The maximum absolute atomic E-state index is 2.49. The Morgan fingerprint density at radius 2 is 1.45 bits per heavy atom. The van der Waals surface area contributed by atoms with E-state index in [4.69, 9.17) is 0 Å². The van der Waals surface area contributed by atoms with Crippen molar-refractivity contribution in [1.82, 2.24) is 4.57 Å². The lowest BCUT2D eigenvalue weighted by atomic mass is 9.77. The zero-order valence-corrected chi connectivity index (χ0v) is 14.5. The number of rotatable bonds is 10. The number of hydrogen-bond acceptors (Lipinski definition) is 0. The van der Waals surface area contributed by atoms with Crippen LogP contribution in [0.3, 0.4) is 0 Å². The molecule has 0 bridgehead atoms. The van der Waals surface area contributed by atoms with E-state index in [0.29, 0.717) is 5.41 Å². The van der Waals surface area contributed by atoms with Crippen molar-refractivity contribution < 1.29 is 0 Å². The van der Waals surface area contributed by atoms with Crippen molar-refractivity contribution in [3.05, 3.63) is 23.5 Å². The Balaban J connectivity index is 2.74. The number of hydrogen-bond donors (Lipinski definition) is 0. The van der Waals surface area contributed by atoms with Crippen LogP contribution in [0.25, 0.3) is 0 Å². The molecule has 0 amide bonds. The first kappa shape index (κ1) is 17.3. The fourth-order valence-electron chi connectivity index (χ4n) is 3.31. The minimum atomic E-state index is 0.367. The molecule has 0 saturated heterocycles. The van der Waals surface area contributed by atoms with Gasteiger partial charge >= 0.3 is 0 Å². The lowest BCUT2D eigenvalue weighted by molar-refractivity contribution is 0.348. The molecule has 1 heteroatoms. The van der Waals surface area contributed by atoms with Crippen LogP contribution in [0, 0.1) is 6.92 Å². The molecule has 116 valence electrons. The largest absolute Gasteiger partial charge is 0.351 e. The number of unbranched alkanes of at least 4 members (excludes halogenated alkanes) is 5. The van der Waals surface area contributed by atoms with Gasteiger partial charge in [0.05, 0.1) is 0 Å². The van der Waals surface area contributed by atoms with Crippen LogP contribution in [-0.2, 0) is 12.5 Å². The minimum absolute atomic E-state index is 0.367. The Morgan fingerprint density at radius 1 is 0.900 bits per heavy atom. The monoisotopic (exact) mass is 277 g/mol. The number of aromatic nitrogens is 1. The van der Waals surface area contributed by atoms with Crippen molar-refractivity contribution in [3.8, 4) is 0 Å². The van der Waals surface area contributed by atoms with E-state index in [0.717, 1.165) is 0 Å². The quantitative estimate of drug-likeness (QED) is 0.452. The van der Waals surface area contributed by atoms with Gasteiger partial charge in [-0.05, 0) is 31.9 Å². The fraction of sp³-hybridized carbons (Fsp3) is 0.789. The summed E-state index contributed by atoms with van der Waals surface area (Å²) in [6.45, 7) is 9.29. The molecule has 0 fully saturated rings. The second-order valence-corrected chi connectivity index (χ2v) is 6.75. The van der Waals surface area contributed by atoms with Crippen LogP contribution in [0.4, 0.5) is 0 Å². The Kier molecular flexibility index (Phi) is 7.40. The van der Waals surface area contributed by atoms with Gasteiger partial charge in [0.25, 0.3) is 0 Å². The molecule has 1 rings (SSSR count). The van der Waals surface area contributed by atoms with E-state index in [9.17, 15) is 0 Å². The summed E-state index contributed by atoms with van der Waals surface area (Å²) in [5, 5.41) is 0. The average molecular weight is 277 g/mol. The molecular formula is C19H35N. The zero-order valence-electron chi connectivity index (χ0n) is 14.5. The van der Waals surface area contributed by atoms with Gasteiger partial charge in [0, 0.05) is 23.9 Å². The van der Waals surface area contributed by atoms with Crippen molar-refractivity contribution in [2.75, 3.05) is 0 Å². The second-order valence-electron chi connectivity index (χ2n) is 6.75. The van der Waals surface area contributed by atoms with Crippen molar-refractivity contribution in [3.63, 3.8) is 0 Å². The third-order valence-electron chi connectivity index (χ3n) is 4.91. The Morgan fingerprint density at radius 3 is 1.95 bits per heavy atom. The van der Waals surface area contributed by atoms with Gasteiger partial charge < -0.3 is 4.57 Å². The van der Waals surface area contributed by atoms with Crippen LogP contribution in [0.5, 0.6) is 0 Å². The number of aryl methyl sites for hydroxylation is 1. The average Bonchev–Trinajstić information content (AvgIpc) is 2.76. The molecule has 1 aromatic heterocycles. The van der Waals surface area contributed by atoms with Crippen LogP contribution >= 0.6 is 0 Å². The van der Waals surface area contributed by atoms with Crippen LogP contribution in [0.1, 0.15) is 89.9 Å². The highest BCUT2D eigenvalue weighted by Crippen LogP contribution is 2.36. The maximum atomic E-state index is 2.49.